The van der Waals surface area contributed by atoms with Crippen molar-refractivity contribution >= 4 is 0 Å². The van der Waals surface area contributed by atoms with Gasteiger partial charge in [0.25, 0.3) is 0 Å². The molecule has 0 amide bonds. The Morgan fingerprint density at radius 2 is 1.95 bits per heavy atom. The van der Waals surface area contributed by atoms with Gasteiger partial charge in [0.1, 0.15) is 11.6 Å². The van der Waals surface area contributed by atoms with E-state index in [2.05, 4.69) is 15.3 Å². The minimum Gasteiger partial charge on any atom is -0.348 e. The third-order valence-corrected chi connectivity index (χ3v) is 4.33. The molecule has 20 heavy (non-hydrogen) atoms. The van der Waals surface area contributed by atoms with Crippen LogP contribution in [0, 0.1) is 5.82 Å². The van der Waals surface area contributed by atoms with Crippen LogP contribution in [0.2, 0.25) is 0 Å². The number of nitrogens with one attached hydrogen (secondary N) is 2. The number of aromatic nitrogens is 2. The predicted octanol–water partition coefficient (Wildman–Crippen LogP) is 3.15. The van der Waals surface area contributed by atoms with Gasteiger partial charge in [-0.25, -0.2) is 9.37 Å². The molecule has 2 aromatic rings. The number of H-pyrrole nitrogens is 1. The second-order valence-corrected chi connectivity index (χ2v) is 5.63. The maximum absolute atomic E-state index is 13.1. The standard InChI is InChI=1S/C16H20FN3/c17-14-5-3-13(4-6-14)16(7-1-2-8-16)12-18-11-15-19-9-10-20-15/h3-6,9-10,18H,1-2,7-8,11-12H2,(H,19,20). The number of rotatable bonds is 5. The molecule has 1 fully saturated rings. The number of halogens is 1. The Morgan fingerprint density at radius 1 is 1.20 bits per heavy atom. The molecule has 0 spiro atoms. The summed E-state index contributed by atoms with van der Waals surface area (Å²) >= 11 is 0. The molecule has 1 saturated carbocycles. The fourth-order valence-corrected chi connectivity index (χ4v) is 3.24. The van der Waals surface area contributed by atoms with Crippen LogP contribution in [0.3, 0.4) is 0 Å². The number of hydrogen-bond donors (Lipinski definition) is 2. The van der Waals surface area contributed by atoms with Crippen molar-refractivity contribution in [3.05, 3.63) is 53.9 Å². The molecule has 0 radical (unpaired) electrons. The van der Waals surface area contributed by atoms with Crippen molar-refractivity contribution in [3.63, 3.8) is 0 Å². The van der Waals surface area contributed by atoms with Gasteiger partial charge in [0.15, 0.2) is 0 Å². The van der Waals surface area contributed by atoms with E-state index < -0.39 is 0 Å². The summed E-state index contributed by atoms with van der Waals surface area (Å²) < 4.78 is 13.1. The first-order chi connectivity index (χ1) is 9.78. The Kier molecular flexibility index (Phi) is 3.83. The molecule has 1 aromatic heterocycles. The van der Waals surface area contributed by atoms with Gasteiger partial charge in [0.05, 0.1) is 6.54 Å². The summed E-state index contributed by atoms with van der Waals surface area (Å²) in [5.41, 5.74) is 1.41. The quantitative estimate of drug-likeness (QED) is 0.878. The normalized spacial score (nSPS) is 17.4. The molecular formula is C16H20FN3. The summed E-state index contributed by atoms with van der Waals surface area (Å²) in [5, 5.41) is 3.50. The van der Waals surface area contributed by atoms with Crippen molar-refractivity contribution in [1.29, 1.82) is 0 Å². The molecule has 0 bridgehead atoms. The first-order valence-electron chi connectivity index (χ1n) is 7.24. The minimum atomic E-state index is -0.162. The van der Waals surface area contributed by atoms with Gasteiger partial charge in [0, 0.05) is 24.4 Å². The van der Waals surface area contributed by atoms with Gasteiger partial charge in [-0.15, -0.1) is 0 Å². The molecule has 0 atom stereocenters. The van der Waals surface area contributed by atoms with E-state index >= 15 is 0 Å². The van der Waals surface area contributed by atoms with Crippen molar-refractivity contribution in [2.45, 2.75) is 37.6 Å². The zero-order chi connectivity index (χ0) is 13.8. The number of aromatic amines is 1. The first kappa shape index (κ1) is 13.3. The largest absolute Gasteiger partial charge is 0.348 e. The van der Waals surface area contributed by atoms with E-state index in [1.54, 1.807) is 18.3 Å². The third-order valence-electron chi connectivity index (χ3n) is 4.33. The van der Waals surface area contributed by atoms with Gasteiger partial charge in [0.2, 0.25) is 0 Å². The van der Waals surface area contributed by atoms with Gasteiger partial charge < -0.3 is 10.3 Å². The predicted molar refractivity (Wildman–Crippen MR) is 76.8 cm³/mol. The van der Waals surface area contributed by atoms with E-state index in [1.807, 2.05) is 18.3 Å². The Labute approximate surface area is 118 Å². The zero-order valence-corrected chi connectivity index (χ0v) is 11.5. The van der Waals surface area contributed by atoms with E-state index in [4.69, 9.17) is 0 Å². The Balaban J connectivity index is 1.69. The monoisotopic (exact) mass is 273 g/mol. The molecule has 3 nitrogen and oxygen atoms in total. The van der Waals surface area contributed by atoms with Crippen LogP contribution in [-0.4, -0.2) is 16.5 Å². The fraction of sp³-hybridized carbons (Fsp3) is 0.438. The number of hydrogen-bond acceptors (Lipinski definition) is 2. The number of nitrogens with zero attached hydrogens (tertiary/aromatic N) is 1. The second-order valence-electron chi connectivity index (χ2n) is 5.63. The maximum Gasteiger partial charge on any atom is 0.123 e. The molecule has 3 rings (SSSR count). The number of imidazole rings is 1. The molecule has 2 N–H and O–H groups in total. The lowest BCUT2D eigenvalue weighted by molar-refractivity contribution is 0.401. The number of benzene rings is 1. The smallest absolute Gasteiger partial charge is 0.123 e. The molecule has 4 heteroatoms. The molecule has 1 heterocycles. The molecule has 0 unspecified atom stereocenters. The van der Waals surface area contributed by atoms with Gasteiger partial charge in [-0.1, -0.05) is 25.0 Å². The summed E-state index contributed by atoms with van der Waals surface area (Å²) in [5.74, 6) is 0.794. The highest BCUT2D eigenvalue weighted by atomic mass is 19.1. The average Bonchev–Trinajstić information content (AvgIpc) is 3.12. The summed E-state index contributed by atoms with van der Waals surface area (Å²) in [7, 11) is 0. The lowest BCUT2D eigenvalue weighted by atomic mass is 9.79. The van der Waals surface area contributed by atoms with Crippen molar-refractivity contribution in [2.75, 3.05) is 6.54 Å². The van der Waals surface area contributed by atoms with Crippen molar-refractivity contribution in [1.82, 2.24) is 15.3 Å². The Morgan fingerprint density at radius 3 is 2.60 bits per heavy atom. The lowest BCUT2D eigenvalue weighted by Crippen LogP contribution is -2.35. The van der Waals surface area contributed by atoms with Gasteiger partial charge >= 0.3 is 0 Å². The van der Waals surface area contributed by atoms with Crippen LogP contribution < -0.4 is 5.32 Å². The summed E-state index contributed by atoms with van der Waals surface area (Å²) in [6.07, 6.45) is 8.44. The van der Waals surface area contributed by atoms with Gasteiger partial charge in [-0.2, -0.15) is 0 Å². The highest BCUT2D eigenvalue weighted by molar-refractivity contribution is 5.27. The first-order valence-corrected chi connectivity index (χ1v) is 7.24. The topological polar surface area (TPSA) is 40.7 Å². The van der Waals surface area contributed by atoms with Gasteiger partial charge in [-0.3, -0.25) is 0 Å². The molecule has 106 valence electrons. The van der Waals surface area contributed by atoms with Crippen molar-refractivity contribution in [3.8, 4) is 0 Å². The van der Waals surface area contributed by atoms with Crippen molar-refractivity contribution in [2.24, 2.45) is 0 Å². The molecule has 1 aliphatic rings. The third kappa shape index (κ3) is 2.75. The zero-order valence-electron chi connectivity index (χ0n) is 11.5. The minimum absolute atomic E-state index is 0.153. The molecule has 0 saturated heterocycles. The van der Waals surface area contributed by atoms with Crippen molar-refractivity contribution < 1.29 is 4.39 Å². The Hall–Kier alpha value is -1.68. The molecular weight excluding hydrogens is 253 g/mol. The van der Waals surface area contributed by atoms with Gasteiger partial charge in [-0.05, 0) is 30.5 Å². The van der Waals surface area contributed by atoms with Crippen LogP contribution in [0.5, 0.6) is 0 Å². The van der Waals surface area contributed by atoms with E-state index in [-0.39, 0.29) is 11.2 Å². The summed E-state index contributed by atoms with van der Waals surface area (Å²) in [6, 6.07) is 7.02. The van der Waals surface area contributed by atoms with Crippen LogP contribution in [0.4, 0.5) is 4.39 Å². The van der Waals surface area contributed by atoms with E-state index in [1.165, 1.54) is 31.2 Å². The van der Waals surface area contributed by atoms with E-state index in [9.17, 15) is 4.39 Å². The highest BCUT2D eigenvalue weighted by Gasteiger charge is 2.35. The fourth-order valence-electron chi connectivity index (χ4n) is 3.24. The highest BCUT2D eigenvalue weighted by Crippen LogP contribution is 2.40. The lowest BCUT2D eigenvalue weighted by Gasteiger charge is -2.30. The maximum atomic E-state index is 13.1. The Bertz CT molecular complexity index is 527. The molecule has 0 aliphatic heterocycles. The average molecular weight is 273 g/mol. The van der Waals surface area contributed by atoms with Crippen LogP contribution in [0.25, 0.3) is 0 Å². The van der Waals surface area contributed by atoms with E-state index in [0.29, 0.717) is 0 Å². The van der Waals surface area contributed by atoms with Crippen LogP contribution in [0.15, 0.2) is 36.7 Å². The second kappa shape index (κ2) is 5.75. The summed E-state index contributed by atoms with van der Waals surface area (Å²) in [4.78, 5) is 7.32. The summed E-state index contributed by atoms with van der Waals surface area (Å²) in [6.45, 7) is 1.66. The van der Waals surface area contributed by atoms with Crippen LogP contribution in [0.1, 0.15) is 37.1 Å². The van der Waals surface area contributed by atoms with E-state index in [0.717, 1.165) is 18.9 Å². The SMILES string of the molecule is Fc1ccc(C2(CNCc3ncc[nH]3)CCCC2)cc1. The van der Waals surface area contributed by atoms with Crippen LogP contribution in [-0.2, 0) is 12.0 Å². The molecule has 1 aliphatic carbocycles. The van der Waals surface area contributed by atoms with Crippen LogP contribution >= 0.6 is 0 Å². The molecule has 1 aromatic carbocycles.